The molecule has 0 aromatic heterocycles. The Morgan fingerprint density at radius 3 is 1.11 bits per heavy atom. The predicted molar refractivity (Wildman–Crippen MR) is 375 cm³/mol. The van der Waals surface area contributed by atoms with Crippen molar-refractivity contribution in [2.45, 2.75) is 288 Å². The number of benzene rings is 2. The maximum atomic E-state index is 13.2. The topological polar surface area (TPSA) is 97.9 Å². The average molecular weight is 1700 g/mol. The Hall–Kier alpha value is 1.84. The molecule has 2 aliphatic rings. The molecule has 1 fully saturated rings. The van der Waals surface area contributed by atoms with Gasteiger partial charge in [-0.2, -0.15) is 25.3 Å². The van der Waals surface area contributed by atoms with E-state index < -0.39 is 13.4 Å². The second-order valence-electron chi connectivity index (χ2n) is 27.3. The van der Waals surface area contributed by atoms with Gasteiger partial charge in [0.2, 0.25) is 0 Å². The van der Waals surface area contributed by atoms with Crippen LogP contribution in [0.5, 0.6) is 0 Å². The van der Waals surface area contributed by atoms with Gasteiger partial charge in [-0.1, -0.05) is 117 Å². The normalized spacial score (nSPS) is 18.3. The first-order valence-electron chi connectivity index (χ1n) is 28.5. The zero-order valence-electron chi connectivity index (χ0n) is 54.1. The summed E-state index contributed by atoms with van der Waals surface area (Å²) in [4.78, 5) is 0. The van der Waals surface area contributed by atoms with Crippen molar-refractivity contribution in [2.75, 3.05) is 13.2 Å². The van der Waals surface area contributed by atoms with Crippen molar-refractivity contribution >= 4 is 123 Å². The Balaban J connectivity index is 0.000000979. The minimum Gasteiger partial charge on any atom is -0.308 e. The van der Waals surface area contributed by atoms with Crippen molar-refractivity contribution in [3.63, 3.8) is 0 Å². The summed E-state index contributed by atoms with van der Waals surface area (Å²) in [5.74, 6) is -0.00168. The molecule has 1 saturated heterocycles. The van der Waals surface area contributed by atoms with E-state index in [1.165, 1.54) is 36.0 Å². The lowest BCUT2D eigenvalue weighted by Crippen LogP contribution is -2.56. The van der Waals surface area contributed by atoms with Gasteiger partial charge in [0, 0.05) is 33.2 Å². The number of piperidine rings is 1. The van der Waals surface area contributed by atoms with Crippen LogP contribution in [0, 0.1) is 11.3 Å². The van der Waals surface area contributed by atoms with Crippen LogP contribution < -0.4 is 0 Å². The molecule has 0 radical (unpaired) electrons. The summed E-state index contributed by atoms with van der Waals surface area (Å²) in [7, 11) is -3.32. The highest BCUT2D eigenvalue weighted by atomic mass is 127. The quantitative estimate of drug-likeness (QED) is 0.0806. The van der Waals surface area contributed by atoms with E-state index in [-0.39, 0.29) is 55.8 Å². The van der Waals surface area contributed by atoms with Crippen LogP contribution in [0.25, 0.3) is 0 Å². The van der Waals surface area contributed by atoms with Crippen LogP contribution >= 0.6 is 123 Å². The number of hydrogen-bond donors (Lipinski definition) is 0. The maximum absolute atomic E-state index is 13.2. The lowest BCUT2D eigenvalue weighted by molar-refractivity contribution is -0.189. The Kier molecular flexibility index (Phi) is 35.4. The Morgan fingerprint density at radius 1 is 0.532 bits per heavy atom. The van der Waals surface area contributed by atoms with Gasteiger partial charge >= 0.3 is 7.60 Å². The van der Waals surface area contributed by atoms with Gasteiger partial charge in [0.15, 0.2) is 0 Å². The molecule has 4 rings (SSSR count). The molecule has 2 atom stereocenters. The van der Waals surface area contributed by atoms with E-state index in [9.17, 15) is 4.57 Å². The van der Waals surface area contributed by atoms with Gasteiger partial charge in [0.25, 0.3) is 0 Å². The third-order valence-electron chi connectivity index (χ3n) is 14.6. The molecule has 0 saturated carbocycles. The van der Waals surface area contributed by atoms with Gasteiger partial charge < -0.3 is 9.05 Å². The predicted octanol–water partition coefficient (Wildman–Crippen LogP) is 21.6. The molecule has 0 spiro atoms. The molecule has 2 aromatic rings. The van der Waals surface area contributed by atoms with Crippen molar-refractivity contribution in [3.8, 4) is 0 Å². The molecule has 2 unspecified atom stereocenters. The average Bonchev–Trinajstić information content (AvgIpc) is 3.56. The Morgan fingerprint density at radius 2 is 0.886 bits per heavy atom. The molecule has 19 heteroatoms. The van der Waals surface area contributed by atoms with Crippen molar-refractivity contribution < 1.29 is 29.4 Å². The van der Waals surface area contributed by atoms with E-state index in [0.29, 0.717) is 19.1 Å². The van der Waals surface area contributed by atoms with E-state index in [1.54, 1.807) is 5.06 Å². The summed E-state index contributed by atoms with van der Waals surface area (Å²) in [6, 6.07) is 19.7. The maximum Gasteiger partial charge on any atom is 0.350 e. The van der Waals surface area contributed by atoms with E-state index >= 15 is 0 Å². The number of hydroxylamine groups is 10. The van der Waals surface area contributed by atoms with Gasteiger partial charge in [0.1, 0.15) is 121 Å². The SMILES string of the molecule is CC(C)(C)N(OI)C(C)(C)C.CC(C)C(c1ccccc1)N(OI)C(C)(C)C.CC1(C)CCCC(C)(C)N1OI.CCC1(CC)c2ccccc2C(CC)(CC)N1OI.CCOP(=O)(OCC)C(N(OI)C(C)(C)C)C(C)(C)C. The first-order chi connectivity index (χ1) is 36.1. The largest absolute Gasteiger partial charge is 0.350 e. The van der Waals surface area contributed by atoms with Crippen LogP contribution in [0.4, 0.5) is 0 Å². The van der Waals surface area contributed by atoms with E-state index in [4.69, 9.17) is 24.9 Å². The molecular formula is C60H111I5N5O8P. The molecule has 464 valence electrons. The molecule has 0 N–H and O–H groups in total. The summed E-state index contributed by atoms with van der Waals surface area (Å²) < 4.78 is 52.0. The lowest BCUT2D eigenvalue weighted by atomic mass is 9.82. The fourth-order valence-electron chi connectivity index (χ4n) is 11.3. The molecular weight excluding hydrogens is 1580 g/mol. The first-order valence-corrected chi connectivity index (χ1v) is 34.6. The number of rotatable bonds is 18. The molecule has 0 bridgehead atoms. The molecule has 13 nitrogen and oxygen atoms in total. The molecule has 79 heavy (non-hydrogen) atoms. The second kappa shape index (κ2) is 34.6. The summed E-state index contributed by atoms with van der Waals surface area (Å²) >= 11 is 9.76. The zero-order valence-corrected chi connectivity index (χ0v) is 65.8. The van der Waals surface area contributed by atoms with E-state index in [0.717, 1.165) is 25.7 Å². The smallest absolute Gasteiger partial charge is 0.308 e. The molecule has 2 heterocycles. The van der Waals surface area contributed by atoms with Gasteiger partial charge in [-0.3, -0.25) is 4.57 Å². The van der Waals surface area contributed by atoms with Gasteiger partial charge in [-0.15, -0.1) is 0 Å². The molecule has 0 amide bonds. The third kappa shape index (κ3) is 22.4. The number of hydrogen-bond acceptors (Lipinski definition) is 13. The van der Waals surface area contributed by atoms with Gasteiger partial charge in [-0.25, -0.2) is 15.8 Å². The number of fused-ring (bicyclic) bond motifs is 1. The van der Waals surface area contributed by atoms with Crippen LogP contribution in [0.1, 0.15) is 255 Å². The summed E-state index contributed by atoms with van der Waals surface area (Å²) in [5.41, 5.74) is 4.04. The first kappa shape index (κ1) is 80.8. The lowest BCUT2D eigenvalue weighted by Gasteiger charge is -2.49. The van der Waals surface area contributed by atoms with Crippen molar-refractivity contribution in [2.24, 2.45) is 11.3 Å². The van der Waals surface area contributed by atoms with Crippen molar-refractivity contribution in [1.82, 2.24) is 25.3 Å². The third-order valence-corrected chi connectivity index (χ3v) is 19.4. The minimum absolute atomic E-state index is 0.0177. The second-order valence-corrected chi connectivity index (χ2v) is 31.3. The summed E-state index contributed by atoms with van der Waals surface area (Å²) in [6.07, 6.45) is 8.04. The van der Waals surface area contributed by atoms with Crippen molar-refractivity contribution in [3.05, 3.63) is 71.3 Å². The van der Waals surface area contributed by atoms with Crippen molar-refractivity contribution in [1.29, 1.82) is 0 Å². The summed E-state index contributed by atoms with van der Waals surface area (Å²) in [6.45, 7) is 58.2. The van der Waals surface area contributed by atoms with Crippen LogP contribution in [0.2, 0.25) is 0 Å². The molecule has 2 aromatic carbocycles. The van der Waals surface area contributed by atoms with Gasteiger partial charge in [-0.05, 0) is 198 Å². The Labute approximate surface area is 555 Å². The van der Waals surface area contributed by atoms with Gasteiger partial charge in [0.05, 0.1) is 30.3 Å². The van der Waals surface area contributed by atoms with Crippen LogP contribution in [0.15, 0.2) is 54.6 Å². The van der Waals surface area contributed by atoms with E-state index in [2.05, 4.69) is 218 Å². The van der Waals surface area contributed by atoms with Crippen LogP contribution in [-0.4, -0.2) is 77.5 Å². The summed E-state index contributed by atoms with van der Waals surface area (Å²) in [5, 5.41) is 10.2. The highest BCUT2D eigenvalue weighted by Gasteiger charge is 2.56. The number of halogens is 5. The fourth-order valence-corrected chi connectivity index (χ4v) is 18.8. The number of nitrogens with zero attached hydrogens (tertiary/aromatic N) is 5. The molecule has 2 aliphatic heterocycles. The minimum atomic E-state index is -3.32. The highest BCUT2D eigenvalue weighted by Crippen LogP contribution is 2.61. The molecule has 0 aliphatic carbocycles. The highest BCUT2D eigenvalue weighted by molar-refractivity contribution is 14.1. The van der Waals surface area contributed by atoms with Crippen LogP contribution in [-0.2, 0) is 40.5 Å². The Bertz CT molecular complexity index is 1970. The zero-order chi connectivity index (χ0) is 62.0. The monoisotopic (exact) mass is 1700 g/mol. The fraction of sp³-hybridized carbons (Fsp3) is 0.800. The standard InChI is InChI=1S/C16H24INO.C14H22INO.C13H29INO4P.C9H18INO.C8H18INO/c1-5-15(6-2)13-11-9-10-12-14(13)16(7-3,8-4)18(15)19-17;1-11(2)13(12-9-7-6-8-10-12)16(17-15)14(3,4)5;1-9-17-20(16,18-10-2)11(12(3,4)5)15(19-14)13(6,7)8;1-8(2)6-5-7-9(3,4)11(8)12-10;1-7(2,3)10(11-9)8(4,5)6/h9-12H,5-8H2,1-4H3;6-11,13H,1-5H3;11H,9-10H2,1-8H3;5-7H2,1-4H3;1-6H3. The van der Waals surface area contributed by atoms with Crippen LogP contribution in [0.3, 0.4) is 0 Å². The van der Waals surface area contributed by atoms with E-state index in [1.807, 2.05) is 159 Å².